The van der Waals surface area contributed by atoms with E-state index in [1.807, 2.05) is 11.6 Å². The first kappa shape index (κ1) is 12.7. The maximum atomic E-state index is 4.38. The molecule has 3 heteroatoms. The fraction of sp³-hybridized carbons (Fsp3) is 0.438. The minimum absolute atomic E-state index is 0.410. The third-order valence-electron chi connectivity index (χ3n) is 3.99. The van der Waals surface area contributed by atoms with E-state index in [-0.39, 0.29) is 0 Å². The van der Waals surface area contributed by atoms with Crippen LogP contribution in [0, 0.1) is 5.92 Å². The molecule has 3 rings (SSSR count). The number of rotatable bonds is 4. The molecule has 1 heterocycles. The largest absolute Gasteiger partial charge is 0.354 e. The first-order valence-electron chi connectivity index (χ1n) is 7.14. The number of nitrogens with zero attached hydrogens (tertiary/aromatic N) is 1. The maximum Gasteiger partial charge on any atom is 0.183 e. The van der Waals surface area contributed by atoms with Crippen molar-refractivity contribution in [3.63, 3.8) is 0 Å². The molecule has 0 bridgehead atoms. The number of anilines is 1. The van der Waals surface area contributed by atoms with Crippen LogP contribution >= 0.6 is 11.3 Å². The van der Waals surface area contributed by atoms with Gasteiger partial charge in [-0.25, -0.2) is 4.98 Å². The summed E-state index contributed by atoms with van der Waals surface area (Å²) in [4.78, 5) is 4.38. The molecule has 1 N–H and O–H groups in total. The van der Waals surface area contributed by atoms with Crippen LogP contribution in [0.1, 0.15) is 43.7 Å². The van der Waals surface area contributed by atoms with Crippen LogP contribution in [0.15, 0.2) is 41.9 Å². The van der Waals surface area contributed by atoms with Gasteiger partial charge in [0.25, 0.3) is 0 Å². The van der Waals surface area contributed by atoms with Crippen molar-refractivity contribution < 1.29 is 0 Å². The van der Waals surface area contributed by atoms with E-state index in [0.717, 1.165) is 11.0 Å². The average Bonchev–Trinajstić information content (AvgIpc) is 3.00. The highest BCUT2D eigenvalue weighted by molar-refractivity contribution is 7.13. The van der Waals surface area contributed by atoms with Gasteiger partial charge in [0.05, 0.1) is 6.04 Å². The fourth-order valence-electron chi connectivity index (χ4n) is 3.03. The van der Waals surface area contributed by atoms with Gasteiger partial charge in [-0.05, 0) is 24.3 Å². The summed E-state index contributed by atoms with van der Waals surface area (Å²) in [6.45, 7) is 0. The molecule has 1 aliphatic carbocycles. The van der Waals surface area contributed by atoms with Gasteiger partial charge in [-0.15, -0.1) is 11.3 Å². The maximum absolute atomic E-state index is 4.38. The van der Waals surface area contributed by atoms with Gasteiger partial charge in [0.2, 0.25) is 0 Å². The molecule has 1 aromatic carbocycles. The molecule has 19 heavy (non-hydrogen) atoms. The minimum atomic E-state index is 0.410. The average molecular weight is 272 g/mol. The van der Waals surface area contributed by atoms with Crippen molar-refractivity contribution in [2.45, 2.75) is 38.1 Å². The summed E-state index contributed by atoms with van der Waals surface area (Å²) in [6, 6.07) is 11.2. The molecule has 1 aliphatic rings. The van der Waals surface area contributed by atoms with Gasteiger partial charge in [-0.1, -0.05) is 49.6 Å². The summed E-state index contributed by atoms with van der Waals surface area (Å²) < 4.78 is 0. The Bertz CT molecular complexity index is 475. The molecule has 1 atom stereocenters. The van der Waals surface area contributed by atoms with Crippen molar-refractivity contribution in [1.82, 2.24) is 4.98 Å². The smallest absolute Gasteiger partial charge is 0.183 e. The zero-order valence-electron chi connectivity index (χ0n) is 11.1. The Hall–Kier alpha value is -1.35. The van der Waals surface area contributed by atoms with Crippen LogP contribution in [-0.4, -0.2) is 4.98 Å². The predicted octanol–water partition coefficient (Wildman–Crippen LogP) is 4.88. The number of benzene rings is 1. The van der Waals surface area contributed by atoms with E-state index in [4.69, 9.17) is 0 Å². The number of aromatic nitrogens is 1. The number of thiazole rings is 1. The second-order valence-corrected chi connectivity index (χ2v) is 6.16. The minimum Gasteiger partial charge on any atom is -0.354 e. The van der Waals surface area contributed by atoms with Gasteiger partial charge in [0.1, 0.15) is 0 Å². The number of hydrogen-bond acceptors (Lipinski definition) is 3. The molecule has 0 saturated heterocycles. The highest BCUT2D eigenvalue weighted by atomic mass is 32.1. The van der Waals surface area contributed by atoms with Gasteiger partial charge in [-0.2, -0.15) is 0 Å². The summed E-state index contributed by atoms with van der Waals surface area (Å²) in [6.07, 6.45) is 8.67. The van der Waals surface area contributed by atoms with E-state index in [1.165, 1.54) is 37.7 Å². The van der Waals surface area contributed by atoms with Gasteiger partial charge in [-0.3, -0.25) is 0 Å². The van der Waals surface area contributed by atoms with E-state index >= 15 is 0 Å². The zero-order chi connectivity index (χ0) is 12.9. The standard InChI is InChI=1S/C16H20N2S/c1-3-7-13(8-4-1)15(14-9-5-2-6-10-14)18-16-17-11-12-19-16/h1,3-4,7-8,11-12,14-15H,2,5-6,9-10H2,(H,17,18). The van der Waals surface area contributed by atoms with Crippen LogP contribution < -0.4 is 5.32 Å². The zero-order valence-corrected chi connectivity index (χ0v) is 11.9. The molecule has 0 radical (unpaired) electrons. The quantitative estimate of drug-likeness (QED) is 0.858. The van der Waals surface area contributed by atoms with E-state index in [9.17, 15) is 0 Å². The second-order valence-electron chi connectivity index (χ2n) is 5.27. The number of nitrogens with one attached hydrogen (secondary N) is 1. The predicted molar refractivity (Wildman–Crippen MR) is 81.5 cm³/mol. The summed E-state index contributed by atoms with van der Waals surface area (Å²) in [7, 11) is 0. The van der Waals surface area contributed by atoms with E-state index in [2.05, 4.69) is 40.6 Å². The molecule has 0 spiro atoms. The second kappa shape index (κ2) is 6.20. The third kappa shape index (κ3) is 3.16. The Labute approximate surface area is 118 Å². The molecule has 100 valence electrons. The van der Waals surface area contributed by atoms with E-state index < -0.39 is 0 Å². The van der Waals surface area contributed by atoms with Gasteiger partial charge >= 0.3 is 0 Å². The Kier molecular flexibility index (Phi) is 4.13. The third-order valence-corrected chi connectivity index (χ3v) is 4.70. The summed E-state index contributed by atoms with van der Waals surface area (Å²) in [5.74, 6) is 0.736. The molecule has 2 aromatic rings. The van der Waals surface area contributed by atoms with Crippen molar-refractivity contribution >= 4 is 16.5 Å². The Morgan fingerprint density at radius 3 is 2.58 bits per heavy atom. The fourth-order valence-corrected chi connectivity index (χ4v) is 3.60. The molecule has 1 saturated carbocycles. The van der Waals surface area contributed by atoms with Crippen molar-refractivity contribution in [3.05, 3.63) is 47.5 Å². The Balaban J connectivity index is 1.82. The van der Waals surface area contributed by atoms with Gasteiger partial charge in [0.15, 0.2) is 5.13 Å². The van der Waals surface area contributed by atoms with Crippen LogP contribution in [0.2, 0.25) is 0 Å². The highest BCUT2D eigenvalue weighted by Crippen LogP contribution is 2.36. The molecular weight excluding hydrogens is 252 g/mol. The number of hydrogen-bond donors (Lipinski definition) is 1. The van der Waals surface area contributed by atoms with Crippen LogP contribution in [0.3, 0.4) is 0 Å². The van der Waals surface area contributed by atoms with Crippen LogP contribution in [0.25, 0.3) is 0 Å². The lowest BCUT2D eigenvalue weighted by atomic mass is 9.81. The first-order chi connectivity index (χ1) is 9.43. The first-order valence-corrected chi connectivity index (χ1v) is 8.02. The van der Waals surface area contributed by atoms with Crippen molar-refractivity contribution in [3.8, 4) is 0 Å². The Morgan fingerprint density at radius 2 is 1.89 bits per heavy atom. The molecule has 1 unspecified atom stereocenters. The topological polar surface area (TPSA) is 24.9 Å². The molecular formula is C16H20N2S. The lowest BCUT2D eigenvalue weighted by molar-refractivity contribution is 0.321. The SMILES string of the molecule is c1ccc(C(Nc2nccs2)C2CCCCC2)cc1. The van der Waals surface area contributed by atoms with E-state index in [1.54, 1.807) is 11.3 Å². The summed E-state index contributed by atoms with van der Waals surface area (Å²) in [5, 5.41) is 6.73. The monoisotopic (exact) mass is 272 g/mol. The Morgan fingerprint density at radius 1 is 1.11 bits per heavy atom. The van der Waals surface area contributed by atoms with Crippen LogP contribution in [-0.2, 0) is 0 Å². The van der Waals surface area contributed by atoms with Crippen molar-refractivity contribution in [2.75, 3.05) is 5.32 Å². The van der Waals surface area contributed by atoms with Gasteiger partial charge in [0, 0.05) is 11.6 Å². The van der Waals surface area contributed by atoms with E-state index in [0.29, 0.717) is 6.04 Å². The molecule has 2 nitrogen and oxygen atoms in total. The molecule has 1 fully saturated rings. The summed E-state index contributed by atoms with van der Waals surface area (Å²) >= 11 is 1.69. The molecule has 0 aliphatic heterocycles. The van der Waals surface area contributed by atoms with Gasteiger partial charge < -0.3 is 5.32 Å². The summed E-state index contributed by atoms with van der Waals surface area (Å²) in [5.41, 5.74) is 1.39. The van der Waals surface area contributed by atoms with Crippen molar-refractivity contribution in [2.24, 2.45) is 5.92 Å². The lowest BCUT2D eigenvalue weighted by Gasteiger charge is -2.31. The van der Waals surface area contributed by atoms with Crippen molar-refractivity contribution in [1.29, 1.82) is 0 Å². The molecule has 1 aromatic heterocycles. The van der Waals surface area contributed by atoms with Crippen LogP contribution in [0.4, 0.5) is 5.13 Å². The molecule has 0 amide bonds. The van der Waals surface area contributed by atoms with Crippen LogP contribution in [0.5, 0.6) is 0 Å². The highest BCUT2D eigenvalue weighted by Gasteiger charge is 2.25. The normalized spacial score (nSPS) is 18.1. The lowest BCUT2D eigenvalue weighted by Crippen LogP contribution is -2.23.